The smallest absolute Gasteiger partial charge is 0.220 e. The molecule has 0 aliphatic carbocycles. The van der Waals surface area contributed by atoms with Gasteiger partial charge in [0, 0.05) is 14.4 Å². The van der Waals surface area contributed by atoms with Crippen molar-refractivity contribution in [3.05, 3.63) is 0 Å². The van der Waals surface area contributed by atoms with Gasteiger partial charge in [-0.2, -0.15) is 0 Å². The highest BCUT2D eigenvalue weighted by molar-refractivity contribution is 5.75. The van der Waals surface area contributed by atoms with Gasteiger partial charge in [-0.25, -0.2) is 0 Å². The molecule has 0 bridgehead atoms. The molecular formula is C13H29NO. The maximum Gasteiger partial charge on any atom is 0.220 e. The van der Waals surface area contributed by atoms with E-state index in [0.29, 0.717) is 12.3 Å². The highest BCUT2D eigenvalue weighted by Crippen LogP contribution is 2.04. The fourth-order valence-corrected chi connectivity index (χ4v) is 1.58. The quantitative estimate of drug-likeness (QED) is 0.583. The largest absolute Gasteiger partial charge is 0.356 e. The molecule has 0 aliphatic heterocycles. The lowest BCUT2D eigenvalue weighted by Crippen LogP contribution is -2.25. The number of nitrogens with one attached hydrogen (secondary N) is 1. The maximum absolute atomic E-state index is 11.3. The van der Waals surface area contributed by atoms with Crippen LogP contribution < -0.4 is 5.32 Å². The highest BCUT2D eigenvalue weighted by atomic mass is 16.1. The van der Waals surface area contributed by atoms with E-state index in [-0.39, 0.29) is 7.33 Å². The molecule has 92 valence electrons. The van der Waals surface area contributed by atoms with Crippen LogP contribution in [0.1, 0.15) is 67.1 Å². The molecule has 15 heavy (non-hydrogen) atoms. The average molecular weight is 215 g/mol. The third-order valence-corrected chi connectivity index (χ3v) is 2.45. The molecule has 0 fully saturated rings. The number of hydrogen-bond acceptors (Lipinski definition) is 1. The Bertz CT molecular complexity index is 160. The second-order valence-electron chi connectivity index (χ2n) is 4.72. The fourth-order valence-electron chi connectivity index (χ4n) is 1.58. The molecule has 0 saturated heterocycles. The predicted octanol–water partition coefficient (Wildman–Crippen LogP) is 3.76. The van der Waals surface area contributed by atoms with Gasteiger partial charge in [-0.1, -0.05) is 52.9 Å². The average Bonchev–Trinajstić information content (AvgIpc) is 2.15. The summed E-state index contributed by atoms with van der Waals surface area (Å²) in [6.45, 7) is 7.23. The van der Waals surface area contributed by atoms with Crippen LogP contribution in [-0.4, -0.2) is 12.5 Å². The van der Waals surface area contributed by atoms with E-state index in [1.165, 1.54) is 32.1 Å². The van der Waals surface area contributed by atoms with Crippen molar-refractivity contribution in [2.75, 3.05) is 6.54 Å². The zero-order valence-electron chi connectivity index (χ0n) is 10.6. The molecular weight excluding hydrogens is 186 g/mol. The Kier molecular flexibility index (Phi) is 9.65. The minimum absolute atomic E-state index is 0. The Morgan fingerprint density at radius 2 is 1.73 bits per heavy atom. The first kappa shape index (κ1) is 14.5. The molecule has 1 N–H and O–H groups in total. The summed E-state index contributed by atoms with van der Waals surface area (Å²) >= 11 is 0. The van der Waals surface area contributed by atoms with Crippen LogP contribution in [0.5, 0.6) is 0 Å². The predicted molar refractivity (Wildman–Crippen MR) is 68.0 cm³/mol. The summed E-state index contributed by atoms with van der Waals surface area (Å²) in [6, 6.07) is 0. The van der Waals surface area contributed by atoms with Crippen LogP contribution in [0.2, 0.25) is 0 Å². The molecule has 2 heteroatoms. The van der Waals surface area contributed by atoms with E-state index in [0.717, 1.165) is 13.0 Å². The standard InChI is InChI=1S/C13H27NO.H2/c1-4-5-6-7-8-9-10-14-13(15)11-12(2)3;/h12H,4-11H2,1-3H3,(H,14,15);1H. The van der Waals surface area contributed by atoms with Crippen LogP contribution in [0.25, 0.3) is 0 Å². The lowest BCUT2D eigenvalue weighted by atomic mass is 10.1. The van der Waals surface area contributed by atoms with Gasteiger partial charge in [-0.3, -0.25) is 4.79 Å². The molecule has 0 rings (SSSR count). The number of carbonyl (C=O) groups is 1. The van der Waals surface area contributed by atoms with Crippen LogP contribution in [-0.2, 0) is 4.79 Å². The lowest BCUT2D eigenvalue weighted by molar-refractivity contribution is -0.121. The van der Waals surface area contributed by atoms with Gasteiger partial charge < -0.3 is 5.32 Å². The molecule has 0 aliphatic rings. The second-order valence-corrected chi connectivity index (χ2v) is 4.72. The number of carbonyl (C=O) groups excluding carboxylic acids is 1. The van der Waals surface area contributed by atoms with E-state index in [4.69, 9.17) is 0 Å². The molecule has 0 radical (unpaired) electrons. The molecule has 0 aromatic rings. The molecule has 0 spiro atoms. The number of amides is 1. The third-order valence-electron chi connectivity index (χ3n) is 2.45. The fraction of sp³-hybridized carbons (Fsp3) is 0.923. The summed E-state index contributed by atoms with van der Waals surface area (Å²) in [6.07, 6.45) is 8.35. The normalized spacial score (nSPS) is 10.7. The monoisotopic (exact) mass is 215 g/mol. The zero-order valence-corrected chi connectivity index (χ0v) is 10.6. The lowest BCUT2D eigenvalue weighted by Gasteiger charge is -2.06. The highest BCUT2D eigenvalue weighted by Gasteiger charge is 2.02. The van der Waals surface area contributed by atoms with Gasteiger partial charge in [0.05, 0.1) is 0 Å². The summed E-state index contributed by atoms with van der Waals surface area (Å²) in [5.74, 6) is 0.674. The van der Waals surface area contributed by atoms with Gasteiger partial charge in [0.2, 0.25) is 5.91 Å². The van der Waals surface area contributed by atoms with Crippen molar-refractivity contribution in [1.82, 2.24) is 5.32 Å². The molecule has 1 amide bonds. The first-order chi connectivity index (χ1) is 7.16. The van der Waals surface area contributed by atoms with E-state index in [2.05, 4.69) is 26.1 Å². The maximum atomic E-state index is 11.3. The van der Waals surface area contributed by atoms with E-state index in [1.54, 1.807) is 0 Å². The summed E-state index contributed by atoms with van der Waals surface area (Å²) in [5, 5.41) is 2.97. The molecule has 0 aromatic carbocycles. The third kappa shape index (κ3) is 11.4. The summed E-state index contributed by atoms with van der Waals surface area (Å²) in [7, 11) is 0. The Morgan fingerprint density at radius 3 is 2.33 bits per heavy atom. The van der Waals surface area contributed by atoms with Crippen LogP contribution in [0.3, 0.4) is 0 Å². The summed E-state index contributed by atoms with van der Waals surface area (Å²) in [5.41, 5.74) is 0. The Morgan fingerprint density at radius 1 is 1.13 bits per heavy atom. The molecule has 0 unspecified atom stereocenters. The Hall–Kier alpha value is -0.530. The topological polar surface area (TPSA) is 29.1 Å². The van der Waals surface area contributed by atoms with Crippen molar-refractivity contribution in [2.45, 2.75) is 65.7 Å². The van der Waals surface area contributed by atoms with Crippen molar-refractivity contribution in [3.8, 4) is 0 Å². The van der Waals surface area contributed by atoms with Gasteiger partial charge in [0.25, 0.3) is 0 Å². The van der Waals surface area contributed by atoms with Crippen LogP contribution in [0, 0.1) is 5.92 Å². The Labute approximate surface area is 96.3 Å². The van der Waals surface area contributed by atoms with Crippen LogP contribution in [0.4, 0.5) is 0 Å². The molecule has 0 aromatic heterocycles. The van der Waals surface area contributed by atoms with Crippen LogP contribution in [0.15, 0.2) is 0 Å². The SMILES string of the molecule is CCCCCCCCNC(=O)CC(C)C.[HH]. The van der Waals surface area contributed by atoms with Gasteiger partial charge in [-0.05, 0) is 12.3 Å². The number of unbranched alkanes of at least 4 members (excludes halogenated alkanes) is 5. The van der Waals surface area contributed by atoms with E-state index >= 15 is 0 Å². The van der Waals surface area contributed by atoms with Crippen LogP contribution >= 0.6 is 0 Å². The van der Waals surface area contributed by atoms with Gasteiger partial charge in [-0.15, -0.1) is 0 Å². The van der Waals surface area contributed by atoms with E-state index < -0.39 is 0 Å². The van der Waals surface area contributed by atoms with Crippen molar-refractivity contribution >= 4 is 5.91 Å². The number of rotatable bonds is 9. The molecule has 0 saturated carbocycles. The Balaban J connectivity index is 0. The molecule has 0 atom stereocenters. The summed E-state index contributed by atoms with van der Waals surface area (Å²) < 4.78 is 0. The second kappa shape index (κ2) is 10.0. The first-order valence-corrected chi connectivity index (χ1v) is 6.43. The minimum atomic E-state index is 0. The van der Waals surface area contributed by atoms with Crippen molar-refractivity contribution < 1.29 is 6.22 Å². The zero-order chi connectivity index (χ0) is 11.5. The van der Waals surface area contributed by atoms with Gasteiger partial charge >= 0.3 is 0 Å². The minimum Gasteiger partial charge on any atom is -0.356 e. The molecule has 2 nitrogen and oxygen atoms in total. The van der Waals surface area contributed by atoms with Crippen molar-refractivity contribution in [1.29, 1.82) is 0 Å². The van der Waals surface area contributed by atoms with Crippen molar-refractivity contribution in [2.24, 2.45) is 5.92 Å². The first-order valence-electron chi connectivity index (χ1n) is 6.43. The van der Waals surface area contributed by atoms with Gasteiger partial charge in [0.1, 0.15) is 0 Å². The van der Waals surface area contributed by atoms with Gasteiger partial charge in [0.15, 0.2) is 0 Å². The van der Waals surface area contributed by atoms with E-state index in [9.17, 15) is 4.79 Å². The van der Waals surface area contributed by atoms with E-state index in [1.807, 2.05) is 0 Å². The summed E-state index contributed by atoms with van der Waals surface area (Å²) in [4.78, 5) is 11.3. The molecule has 0 heterocycles. The number of hydrogen-bond donors (Lipinski definition) is 1. The van der Waals surface area contributed by atoms with Crippen molar-refractivity contribution in [3.63, 3.8) is 0 Å².